The molecule has 0 aliphatic rings. The van der Waals surface area contributed by atoms with Gasteiger partial charge in [-0.3, -0.25) is 0 Å². The third-order valence-electron chi connectivity index (χ3n) is 0.798. The summed E-state index contributed by atoms with van der Waals surface area (Å²) in [5, 5.41) is 0. The average Bonchev–Trinajstić information content (AvgIpc) is 1.68. The SMILES string of the molecule is CCC(C)[O][V]=[O]. The van der Waals surface area contributed by atoms with Crippen LogP contribution >= 0.6 is 0 Å². The zero-order chi connectivity index (χ0) is 5.70. The standard InChI is InChI=1S/C4H9O.O.V/c1-3-4(2)5;;/h4H,3H2,1-2H3;;/q-1;;+1. The van der Waals surface area contributed by atoms with Crippen molar-refractivity contribution in [1.29, 1.82) is 0 Å². The van der Waals surface area contributed by atoms with E-state index in [1.165, 1.54) is 0 Å². The van der Waals surface area contributed by atoms with E-state index in [1.54, 1.807) is 0 Å². The monoisotopic (exact) mass is 140 g/mol. The molecule has 0 saturated heterocycles. The van der Waals surface area contributed by atoms with Crippen LogP contribution in [0.25, 0.3) is 0 Å². The summed E-state index contributed by atoms with van der Waals surface area (Å²) in [6, 6.07) is 0. The third-order valence-corrected chi connectivity index (χ3v) is 1.49. The second-order valence-corrected chi connectivity index (χ2v) is 1.96. The summed E-state index contributed by atoms with van der Waals surface area (Å²) in [7, 11) is 0. The molecule has 0 bridgehead atoms. The van der Waals surface area contributed by atoms with Crippen LogP contribution in [-0.2, 0) is 23.9 Å². The molecule has 0 aliphatic heterocycles. The van der Waals surface area contributed by atoms with Crippen molar-refractivity contribution in [3.8, 4) is 0 Å². The molecule has 0 aromatic rings. The molecular weight excluding hydrogens is 131 g/mol. The first-order valence-electron chi connectivity index (χ1n) is 2.29. The van der Waals surface area contributed by atoms with Crippen molar-refractivity contribution >= 4 is 0 Å². The van der Waals surface area contributed by atoms with Gasteiger partial charge >= 0.3 is 50.3 Å². The molecule has 0 rings (SSSR count). The van der Waals surface area contributed by atoms with Crippen LogP contribution in [0.4, 0.5) is 0 Å². The van der Waals surface area contributed by atoms with Gasteiger partial charge in [0.2, 0.25) is 0 Å². The van der Waals surface area contributed by atoms with Crippen LogP contribution in [0.1, 0.15) is 20.3 Å². The summed E-state index contributed by atoms with van der Waals surface area (Å²) in [6.07, 6.45) is 1.12. The summed E-state index contributed by atoms with van der Waals surface area (Å²) in [6.45, 7) is 3.91. The molecule has 42 valence electrons. The van der Waals surface area contributed by atoms with Crippen molar-refractivity contribution in [3.05, 3.63) is 0 Å². The van der Waals surface area contributed by atoms with E-state index in [9.17, 15) is 3.67 Å². The molecule has 0 spiro atoms. The van der Waals surface area contributed by atoms with Gasteiger partial charge in [0.05, 0.1) is 0 Å². The second-order valence-electron chi connectivity index (χ2n) is 1.40. The molecular formula is C4H9O2V. The fourth-order valence-corrected chi connectivity index (χ4v) is 0.610. The first kappa shape index (κ1) is 7.34. The molecule has 0 aromatic heterocycles. The predicted molar refractivity (Wildman–Crippen MR) is 21.5 cm³/mol. The molecule has 3 heteroatoms. The molecule has 0 radical (unpaired) electrons. The molecule has 1 unspecified atom stereocenters. The van der Waals surface area contributed by atoms with Crippen LogP contribution < -0.4 is 0 Å². The van der Waals surface area contributed by atoms with Gasteiger partial charge in [0.1, 0.15) is 0 Å². The molecule has 0 heterocycles. The molecule has 2 nitrogen and oxygen atoms in total. The Bertz CT molecular complexity index is 55.7. The van der Waals surface area contributed by atoms with Crippen molar-refractivity contribution in [1.82, 2.24) is 0 Å². The van der Waals surface area contributed by atoms with E-state index in [0.717, 1.165) is 6.42 Å². The number of hydrogen-bond acceptors (Lipinski definition) is 2. The van der Waals surface area contributed by atoms with Crippen LogP contribution in [0.15, 0.2) is 0 Å². The summed E-state index contributed by atoms with van der Waals surface area (Å²) >= 11 is -1.07. The summed E-state index contributed by atoms with van der Waals surface area (Å²) in [5.41, 5.74) is 0. The maximum absolute atomic E-state index is 9.77. The van der Waals surface area contributed by atoms with E-state index in [0.29, 0.717) is 0 Å². The molecule has 7 heavy (non-hydrogen) atoms. The molecule has 0 saturated carbocycles. The fraction of sp³-hybridized carbons (Fsp3) is 1.00. The van der Waals surface area contributed by atoms with Crippen LogP contribution in [0, 0.1) is 0 Å². The topological polar surface area (TPSA) is 26.3 Å². The first-order chi connectivity index (χ1) is 3.31. The van der Waals surface area contributed by atoms with E-state index in [-0.39, 0.29) is 6.10 Å². The van der Waals surface area contributed by atoms with Gasteiger partial charge in [0.15, 0.2) is 0 Å². The zero-order valence-electron chi connectivity index (χ0n) is 4.55. The van der Waals surface area contributed by atoms with Gasteiger partial charge in [-0.05, 0) is 0 Å². The molecule has 0 N–H and O–H groups in total. The average molecular weight is 140 g/mol. The van der Waals surface area contributed by atoms with Gasteiger partial charge in [0, 0.05) is 0 Å². The summed E-state index contributed by atoms with van der Waals surface area (Å²) in [5.74, 6) is 0. The molecule has 0 aliphatic carbocycles. The Morgan fingerprint density at radius 3 is 2.57 bits per heavy atom. The van der Waals surface area contributed by atoms with E-state index >= 15 is 0 Å². The molecule has 0 amide bonds. The fourth-order valence-electron chi connectivity index (χ4n) is 0.148. The normalized spacial score (nSPS) is 13.4. The van der Waals surface area contributed by atoms with Crippen LogP contribution in [-0.4, -0.2) is 6.10 Å². The van der Waals surface area contributed by atoms with Crippen molar-refractivity contribution < 1.29 is 23.9 Å². The maximum atomic E-state index is 9.77. The Kier molecular flexibility index (Phi) is 4.72. The zero-order valence-corrected chi connectivity index (χ0v) is 5.94. The van der Waals surface area contributed by atoms with Gasteiger partial charge in [-0.25, -0.2) is 0 Å². The molecule has 1 atom stereocenters. The Labute approximate surface area is 50.9 Å². The third kappa shape index (κ3) is 4.19. The van der Waals surface area contributed by atoms with Gasteiger partial charge in [-0.15, -0.1) is 0 Å². The van der Waals surface area contributed by atoms with E-state index in [4.69, 9.17) is 3.66 Å². The van der Waals surface area contributed by atoms with Crippen LogP contribution in [0.3, 0.4) is 0 Å². The van der Waals surface area contributed by atoms with E-state index in [2.05, 4.69) is 0 Å². The number of hydrogen-bond donors (Lipinski definition) is 0. The van der Waals surface area contributed by atoms with Gasteiger partial charge in [0.25, 0.3) is 0 Å². The van der Waals surface area contributed by atoms with Crippen LogP contribution in [0.5, 0.6) is 0 Å². The first-order valence-corrected chi connectivity index (χ1v) is 3.43. The predicted octanol–water partition coefficient (Wildman–Crippen LogP) is 1.14. The van der Waals surface area contributed by atoms with Gasteiger partial charge < -0.3 is 0 Å². The Balaban J connectivity index is 2.98. The Morgan fingerprint density at radius 1 is 1.86 bits per heavy atom. The summed E-state index contributed by atoms with van der Waals surface area (Å²) < 4.78 is 14.5. The van der Waals surface area contributed by atoms with Gasteiger partial charge in [-0.1, -0.05) is 0 Å². The van der Waals surface area contributed by atoms with Crippen molar-refractivity contribution in [2.45, 2.75) is 26.4 Å². The number of rotatable bonds is 3. The van der Waals surface area contributed by atoms with Crippen molar-refractivity contribution in [2.24, 2.45) is 0 Å². The molecule has 0 aromatic carbocycles. The minimum absolute atomic E-state index is 0.178. The van der Waals surface area contributed by atoms with E-state index in [1.807, 2.05) is 13.8 Å². The summed E-state index contributed by atoms with van der Waals surface area (Å²) in [4.78, 5) is 0. The van der Waals surface area contributed by atoms with Crippen LogP contribution in [0.2, 0.25) is 0 Å². The Morgan fingerprint density at radius 2 is 2.43 bits per heavy atom. The van der Waals surface area contributed by atoms with E-state index < -0.39 is 16.6 Å². The van der Waals surface area contributed by atoms with Crippen molar-refractivity contribution in [2.75, 3.05) is 0 Å². The Hall–Kier alpha value is 0.344. The second kappa shape index (κ2) is 4.50. The quantitative estimate of drug-likeness (QED) is 0.587. The van der Waals surface area contributed by atoms with Gasteiger partial charge in [-0.2, -0.15) is 0 Å². The van der Waals surface area contributed by atoms with Crippen molar-refractivity contribution in [3.63, 3.8) is 0 Å². The minimum atomic E-state index is -1.07. The molecule has 0 fully saturated rings.